The fourth-order valence-electron chi connectivity index (χ4n) is 3.12. The van der Waals surface area contributed by atoms with Crippen LogP contribution >= 0.6 is 23.6 Å². The van der Waals surface area contributed by atoms with Crippen LogP contribution in [0.15, 0.2) is 60.7 Å². The van der Waals surface area contributed by atoms with Crippen LogP contribution in [0, 0.1) is 0 Å². The number of hydrogen-bond acceptors (Lipinski definition) is 4. The molecular weight excluding hydrogens is 374 g/mol. The molecule has 4 aromatic rings. The number of rotatable bonds is 4. The molecule has 1 heterocycles. The number of ether oxygens (including phenoxy) is 1. The van der Waals surface area contributed by atoms with Gasteiger partial charge in [-0.05, 0) is 53.7 Å². The van der Waals surface area contributed by atoms with E-state index < -0.39 is 0 Å². The van der Waals surface area contributed by atoms with Gasteiger partial charge in [0, 0.05) is 0 Å². The van der Waals surface area contributed by atoms with Crippen LogP contribution < -0.4 is 15.4 Å². The number of anilines is 1. The Morgan fingerprint density at radius 2 is 1.93 bits per heavy atom. The van der Waals surface area contributed by atoms with Gasteiger partial charge in [0.1, 0.15) is 5.75 Å². The second-order valence-electron chi connectivity index (χ2n) is 6.24. The van der Waals surface area contributed by atoms with Crippen molar-refractivity contribution >= 4 is 54.8 Å². The molecule has 0 unspecified atom stereocenters. The monoisotopic (exact) mass is 393 g/mol. The summed E-state index contributed by atoms with van der Waals surface area (Å²) in [5.74, 6) is 0.822. The fraction of sp³-hybridized carbons (Fsp3) is 0.143. The molecule has 4 rings (SSSR count). The highest BCUT2D eigenvalue weighted by Gasteiger charge is 2.12. The first-order valence-corrected chi connectivity index (χ1v) is 9.86. The fourth-order valence-corrected chi connectivity index (χ4v) is 4.36. The average molecular weight is 394 g/mol. The van der Waals surface area contributed by atoms with Crippen molar-refractivity contribution in [2.24, 2.45) is 0 Å². The summed E-state index contributed by atoms with van der Waals surface area (Å²) >= 11 is 7.06. The third-order valence-electron chi connectivity index (χ3n) is 4.45. The molecule has 0 amide bonds. The first-order chi connectivity index (χ1) is 13.1. The van der Waals surface area contributed by atoms with E-state index in [1.165, 1.54) is 16.3 Å². The molecule has 0 spiro atoms. The molecule has 0 aliphatic carbocycles. The van der Waals surface area contributed by atoms with Crippen LogP contribution in [0.5, 0.6) is 5.75 Å². The van der Waals surface area contributed by atoms with Crippen LogP contribution in [0.3, 0.4) is 0 Å². The zero-order chi connectivity index (χ0) is 18.8. The summed E-state index contributed by atoms with van der Waals surface area (Å²) < 4.78 is 6.33. The van der Waals surface area contributed by atoms with Gasteiger partial charge in [0.15, 0.2) is 10.2 Å². The number of nitrogens with zero attached hydrogens (tertiary/aromatic N) is 1. The van der Waals surface area contributed by atoms with Gasteiger partial charge >= 0.3 is 0 Å². The van der Waals surface area contributed by atoms with Crippen molar-refractivity contribution in [2.45, 2.75) is 13.0 Å². The Bertz CT molecular complexity index is 1120. The maximum atomic E-state index is 5.51. The molecule has 136 valence electrons. The lowest BCUT2D eigenvalue weighted by Gasteiger charge is -2.18. The van der Waals surface area contributed by atoms with Crippen molar-refractivity contribution in [3.8, 4) is 5.75 Å². The van der Waals surface area contributed by atoms with E-state index in [9.17, 15) is 0 Å². The minimum Gasteiger partial charge on any atom is -0.497 e. The molecule has 0 saturated heterocycles. The second-order valence-corrected chi connectivity index (χ2v) is 7.68. The minimum absolute atomic E-state index is 0.0746. The highest BCUT2D eigenvalue weighted by Crippen LogP contribution is 2.29. The van der Waals surface area contributed by atoms with Gasteiger partial charge in [-0.3, -0.25) is 0 Å². The molecule has 0 radical (unpaired) electrons. The van der Waals surface area contributed by atoms with Crippen LogP contribution in [-0.2, 0) is 0 Å². The van der Waals surface area contributed by atoms with Gasteiger partial charge in [-0.15, -0.1) is 0 Å². The van der Waals surface area contributed by atoms with Gasteiger partial charge in [-0.2, -0.15) is 0 Å². The van der Waals surface area contributed by atoms with E-state index >= 15 is 0 Å². The van der Waals surface area contributed by atoms with E-state index in [1.807, 2.05) is 18.2 Å². The summed E-state index contributed by atoms with van der Waals surface area (Å²) in [5.41, 5.74) is 2.14. The Balaban J connectivity index is 1.50. The van der Waals surface area contributed by atoms with Gasteiger partial charge in [-0.1, -0.05) is 53.8 Å². The third kappa shape index (κ3) is 3.72. The van der Waals surface area contributed by atoms with E-state index in [4.69, 9.17) is 17.0 Å². The highest BCUT2D eigenvalue weighted by atomic mass is 32.1. The molecule has 4 nitrogen and oxygen atoms in total. The van der Waals surface area contributed by atoms with E-state index in [-0.39, 0.29) is 6.04 Å². The first kappa shape index (κ1) is 17.7. The summed E-state index contributed by atoms with van der Waals surface area (Å²) in [4.78, 5) is 4.58. The van der Waals surface area contributed by atoms with E-state index in [2.05, 4.69) is 65.0 Å². The van der Waals surface area contributed by atoms with E-state index in [0.29, 0.717) is 5.11 Å². The average Bonchev–Trinajstić information content (AvgIpc) is 3.08. The first-order valence-electron chi connectivity index (χ1n) is 8.64. The largest absolute Gasteiger partial charge is 0.497 e. The van der Waals surface area contributed by atoms with Gasteiger partial charge in [0.25, 0.3) is 0 Å². The number of thiocarbonyl (C=S) groups is 1. The zero-order valence-electron chi connectivity index (χ0n) is 15.0. The molecule has 0 aliphatic rings. The molecule has 6 heteroatoms. The van der Waals surface area contributed by atoms with Crippen LogP contribution in [0.25, 0.3) is 21.0 Å². The lowest BCUT2D eigenvalue weighted by Crippen LogP contribution is -2.30. The van der Waals surface area contributed by atoms with Gasteiger partial charge in [0.05, 0.1) is 23.4 Å². The van der Waals surface area contributed by atoms with Gasteiger partial charge < -0.3 is 15.4 Å². The Labute approximate surface area is 167 Å². The number of fused-ring (bicyclic) bond motifs is 2. The number of thiazole rings is 1. The van der Waals surface area contributed by atoms with Crippen molar-refractivity contribution in [3.63, 3.8) is 0 Å². The maximum absolute atomic E-state index is 5.51. The number of methoxy groups -OCH3 is 1. The summed E-state index contributed by atoms with van der Waals surface area (Å²) in [6, 6.07) is 20.6. The molecule has 0 fully saturated rings. The molecule has 0 aliphatic heterocycles. The Hall–Kier alpha value is -2.70. The highest BCUT2D eigenvalue weighted by molar-refractivity contribution is 7.80. The topological polar surface area (TPSA) is 46.2 Å². The molecule has 0 saturated carbocycles. The zero-order valence-corrected chi connectivity index (χ0v) is 16.7. The molecule has 1 atom stereocenters. The summed E-state index contributed by atoms with van der Waals surface area (Å²) in [5, 5.41) is 10.3. The second kappa shape index (κ2) is 7.50. The van der Waals surface area contributed by atoms with Crippen LogP contribution in [0.2, 0.25) is 0 Å². The predicted octanol–water partition coefficient (Wildman–Crippen LogP) is 5.51. The summed E-state index contributed by atoms with van der Waals surface area (Å²) in [6.45, 7) is 2.11. The summed E-state index contributed by atoms with van der Waals surface area (Å²) in [6.07, 6.45) is 0. The number of hydrogen-bond donors (Lipinski definition) is 2. The van der Waals surface area contributed by atoms with Gasteiger partial charge in [-0.25, -0.2) is 4.98 Å². The molecule has 0 bridgehead atoms. The van der Waals surface area contributed by atoms with Crippen molar-refractivity contribution in [1.29, 1.82) is 0 Å². The third-order valence-corrected chi connectivity index (χ3v) is 5.61. The smallest absolute Gasteiger partial charge is 0.190 e. The minimum atomic E-state index is 0.0746. The maximum Gasteiger partial charge on any atom is 0.190 e. The number of benzene rings is 3. The molecule has 3 aromatic carbocycles. The molecule has 2 N–H and O–H groups in total. The van der Waals surface area contributed by atoms with Crippen LogP contribution in [0.1, 0.15) is 18.5 Å². The standard InChI is InChI=1S/C21H19N3OS2/c1-13(16-9-5-7-14-6-3-4-8-17(14)16)22-20(26)24-21-23-18-11-10-15(25-2)12-19(18)27-21/h3-13H,1-2H3,(H2,22,23,24,26)/t13-/m1/s1. The predicted molar refractivity (Wildman–Crippen MR) is 118 cm³/mol. The van der Waals surface area contributed by atoms with Crippen molar-refractivity contribution in [1.82, 2.24) is 10.3 Å². The normalized spacial score (nSPS) is 12.1. The number of aromatic nitrogens is 1. The molecule has 27 heavy (non-hydrogen) atoms. The molecule has 1 aromatic heterocycles. The van der Waals surface area contributed by atoms with E-state index in [0.717, 1.165) is 21.1 Å². The van der Waals surface area contributed by atoms with Crippen LogP contribution in [0.4, 0.5) is 5.13 Å². The molecular formula is C21H19N3OS2. The SMILES string of the molecule is COc1ccc2nc(NC(=S)N[C@H](C)c3cccc4ccccc34)sc2c1. The van der Waals surface area contributed by atoms with E-state index in [1.54, 1.807) is 18.4 Å². The lowest BCUT2D eigenvalue weighted by atomic mass is 10.00. The van der Waals surface area contributed by atoms with Gasteiger partial charge in [0.2, 0.25) is 0 Å². The van der Waals surface area contributed by atoms with Crippen molar-refractivity contribution < 1.29 is 4.74 Å². The van der Waals surface area contributed by atoms with Crippen LogP contribution in [-0.4, -0.2) is 17.2 Å². The Kier molecular flexibility index (Phi) is 4.92. The summed E-state index contributed by atoms with van der Waals surface area (Å²) in [7, 11) is 1.66. The van der Waals surface area contributed by atoms with Crippen molar-refractivity contribution in [2.75, 3.05) is 12.4 Å². The Morgan fingerprint density at radius 3 is 2.78 bits per heavy atom. The number of nitrogens with one attached hydrogen (secondary N) is 2. The van der Waals surface area contributed by atoms with Crippen molar-refractivity contribution in [3.05, 3.63) is 66.2 Å². The lowest BCUT2D eigenvalue weighted by molar-refractivity contribution is 0.415. The Morgan fingerprint density at radius 1 is 1.11 bits per heavy atom. The quantitative estimate of drug-likeness (QED) is 0.448.